The van der Waals surface area contributed by atoms with Gasteiger partial charge in [0, 0.05) is 12.2 Å². The average Bonchev–Trinajstić information content (AvgIpc) is 3.27. The smallest absolute Gasteiger partial charge is 0.124 e. The number of nitrogens with one attached hydrogen (secondary N) is 1. The zero-order valence-electron chi connectivity index (χ0n) is 15.6. The molecule has 5 nitrogen and oxygen atoms in total. The van der Waals surface area contributed by atoms with Crippen LogP contribution in [0.1, 0.15) is 54.5 Å². The summed E-state index contributed by atoms with van der Waals surface area (Å²) in [6.45, 7) is 3.99. The molecule has 0 saturated carbocycles. The van der Waals surface area contributed by atoms with Gasteiger partial charge < -0.3 is 14.8 Å². The lowest BCUT2D eigenvalue weighted by molar-refractivity contribution is 0.0626. The number of aliphatic hydroxyl groups excluding tert-OH is 1. The van der Waals surface area contributed by atoms with E-state index in [4.69, 9.17) is 9.72 Å². The van der Waals surface area contributed by atoms with Crippen LogP contribution in [0.15, 0.2) is 24.3 Å². The molecule has 0 radical (unpaired) electrons. The number of fused-ring (bicyclic) bond motifs is 1. The molecule has 2 aliphatic rings. The van der Waals surface area contributed by atoms with Crippen molar-refractivity contribution in [2.24, 2.45) is 0 Å². The molecule has 0 amide bonds. The number of hydrogen-bond acceptors (Lipinski definition) is 4. The maximum atomic E-state index is 10.5. The lowest BCUT2D eigenvalue weighted by atomic mass is 10.0. The van der Waals surface area contributed by atoms with Gasteiger partial charge >= 0.3 is 0 Å². The van der Waals surface area contributed by atoms with Gasteiger partial charge in [-0.1, -0.05) is 18.2 Å². The molecule has 2 aromatic rings. The van der Waals surface area contributed by atoms with Crippen molar-refractivity contribution in [2.75, 3.05) is 19.7 Å². The molecular formula is C21H29N3O2. The first-order valence-electron chi connectivity index (χ1n) is 9.89. The molecule has 4 rings (SSSR count). The number of benzene rings is 1. The summed E-state index contributed by atoms with van der Waals surface area (Å²) >= 11 is 0. The topological polar surface area (TPSA) is 61.4 Å². The number of aryl methyl sites for hydroxylation is 3. The van der Waals surface area contributed by atoms with Gasteiger partial charge in [-0.15, -0.1) is 0 Å². The van der Waals surface area contributed by atoms with E-state index in [1.54, 1.807) is 0 Å². The van der Waals surface area contributed by atoms with Crippen molar-refractivity contribution >= 4 is 0 Å². The van der Waals surface area contributed by atoms with Crippen LogP contribution in [-0.2, 0) is 12.8 Å². The zero-order valence-corrected chi connectivity index (χ0v) is 15.6. The van der Waals surface area contributed by atoms with Crippen LogP contribution < -0.4 is 4.74 Å². The van der Waals surface area contributed by atoms with Crippen molar-refractivity contribution < 1.29 is 9.84 Å². The number of aromatic amines is 1. The second kappa shape index (κ2) is 7.80. The van der Waals surface area contributed by atoms with E-state index < -0.39 is 6.10 Å². The van der Waals surface area contributed by atoms with E-state index in [0.29, 0.717) is 19.2 Å². The van der Waals surface area contributed by atoms with Gasteiger partial charge in [-0.25, -0.2) is 4.98 Å². The molecule has 1 saturated heterocycles. The van der Waals surface area contributed by atoms with Crippen LogP contribution in [0.5, 0.6) is 5.75 Å². The second-order valence-electron chi connectivity index (χ2n) is 7.64. The van der Waals surface area contributed by atoms with Gasteiger partial charge in [-0.05, 0) is 63.6 Å². The Balaban J connectivity index is 1.36. The quantitative estimate of drug-likeness (QED) is 0.835. The third-order valence-electron chi connectivity index (χ3n) is 5.62. The SMILES string of the molecule is Cc1ccccc1OC[C@H](O)CN1CCC[C@H]1c1nc2c([nH]1)CCCC2. The summed E-state index contributed by atoms with van der Waals surface area (Å²) in [4.78, 5) is 10.8. The summed E-state index contributed by atoms with van der Waals surface area (Å²) in [5, 5.41) is 10.5. The fraction of sp³-hybridized carbons (Fsp3) is 0.571. The number of likely N-dealkylation sites (tertiary alicyclic amines) is 1. The Labute approximate surface area is 155 Å². The van der Waals surface area contributed by atoms with E-state index in [1.165, 1.54) is 24.2 Å². The Morgan fingerprint density at radius 2 is 2.12 bits per heavy atom. The lowest BCUT2D eigenvalue weighted by Crippen LogP contribution is -2.35. The number of aliphatic hydroxyl groups is 1. The number of ether oxygens (including phenoxy) is 1. The fourth-order valence-electron chi connectivity index (χ4n) is 4.22. The Bertz CT molecular complexity index is 719. The van der Waals surface area contributed by atoms with Gasteiger partial charge in [0.05, 0.1) is 11.7 Å². The number of nitrogens with zero attached hydrogens (tertiary/aromatic N) is 2. The van der Waals surface area contributed by atoms with E-state index in [0.717, 1.165) is 49.4 Å². The fourth-order valence-corrected chi connectivity index (χ4v) is 4.22. The van der Waals surface area contributed by atoms with Crippen molar-refractivity contribution in [3.63, 3.8) is 0 Å². The van der Waals surface area contributed by atoms with Crippen molar-refractivity contribution in [2.45, 2.75) is 57.6 Å². The number of para-hydroxylation sites is 1. The number of rotatable bonds is 6. The Morgan fingerprint density at radius 3 is 2.96 bits per heavy atom. The monoisotopic (exact) mass is 355 g/mol. The molecule has 0 spiro atoms. The molecule has 1 aromatic carbocycles. The zero-order chi connectivity index (χ0) is 17.9. The largest absolute Gasteiger partial charge is 0.491 e. The molecule has 0 bridgehead atoms. The molecule has 0 unspecified atom stereocenters. The van der Waals surface area contributed by atoms with Gasteiger partial charge in [0.2, 0.25) is 0 Å². The van der Waals surface area contributed by atoms with Crippen LogP contribution in [-0.4, -0.2) is 45.8 Å². The van der Waals surface area contributed by atoms with Crippen LogP contribution in [0.4, 0.5) is 0 Å². The Morgan fingerprint density at radius 1 is 1.27 bits per heavy atom. The average molecular weight is 355 g/mol. The summed E-state index contributed by atoms with van der Waals surface area (Å²) in [7, 11) is 0. The molecule has 2 atom stereocenters. The molecule has 26 heavy (non-hydrogen) atoms. The molecule has 2 N–H and O–H groups in total. The number of β-amino-alcohol motifs (C(OH)–C–C–N with tert-alkyl or cyclic N) is 1. The van der Waals surface area contributed by atoms with Crippen LogP contribution in [0.2, 0.25) is 0 Å². The lowest BCUT2D eigenvalue weighted by Gasteiger charge is -2.25. The minimum Gasteiger partial charge on any atom is -0.491 e. The minimum atomic E-state index is -0.500. The highest BCUT2D eigenvalue weighted by atomic mass is 16.5. The molecule has 1 fully saturated rings. The third-order valence-corrected chi connectivity index (χ3v) is 5.62. The highest BCUT2D eigenvalue weighted by Crippen LogP contribution is 2.32. The van der Waals surface area contributed by atoms with Gasteiger partial charge in [0.25, 0.3) is 0 Å². The first-order chi connectivity index (χ1) is 12.7. The second-order valence-corrected chi connectivity index (χ2v) is 7.64. The van der Waals surface area contributed by atoms with E-state index in [9.17, 15) is 5.11 Å². The van der Waals surface area contributed by atoms with E-state index in [-0.39, 0.29) is 0 Å². The van der Waals surface area contributed by atoms with E-state index >= 15 is 0 Å². The number of hydrogen-bond donors (Lipinski definition) is 2. The van der Waals surface area contributed by atoms with Crippen LogP contribution in [0, 0.1) is 6.92 Å². The summed E-state index contributed by atoms with van der Waals surface area (Å²) in [5.41, 5.74) is 3.70. The molecule has 1 aliphatic carbocycles. The minimum absolute atomic E-state index is 0.300. The van der Waals surface area contributed by atoms with Crippen molar-refractivity contribution in [3.05, 3.63) is 47.0 Å². The van der Waals surface area contributed by atoms with Crippen LogP contribution >= 0.6 is 0 Å². The number of H-pyrrole nitrogens is 1. The Hall–Kier alpha value is -1.85. The predicted molar refractivity (Wildman–Crippen MR) is 101 cm³/mol. The molecular weight excluding hydrogens is 326 g/mol. The van der Waals surface area contributed by atoms with Crippen molar-refractivity contribution in [1.82, 2.24) is 14.9 Å². The summed E-state index contributed by atoms with van der Waals surface area (Å²) in [6.07, 6.45) is 6.50. The summed E-state index contributed by atoms with van der Waals surface area (Å²) in [6, 6.07) is 8.24. The summed E-state index contributed by atoms with van der Waals surface area (Å²) < 4.78 is 5.82. The van der Waals surface area contributed by atoms with Crippen molar-refractivity contribution in [1.29, 1.82) is 0 Å². The highest BCUT2D eigenvalue weighted by molar-refractivity contribution is 5.31. The molecule has 2 heterocycles. The van der Waals surface area contributed by atoms with Crippen molar-refractivity contribution in [3.8, 4) is 5.75 Å². The van der Waals surface area contributed by atoms with E-state index in [1.807, 2.05) is 31.2 Å². The number of imidazole rings is 1. The predicted octanol–water partition coefficient (Wildman–Crippen LogP) is 3.17. The van der Waals surface area contributed by atoms with Gasteiger partial charge in [-0.3, -0.25) is 4.90 Å². The van der Waals surface area contributed by atoms with Gasteiger partial charge in [0.1, 0.15) is 24.3 Å². The highest BCUT2D eigenvalue weighted by Gasteiger charge is 2.31. The first-order valence-corrected chi connectivity index (χ1v) is 9.89. The standard InChI is InChI=1S/C21H29N3O2/c1-15-7-2-5-11-20(15)26-14-16(25)13-24-12-6-10-19(24)21-22-17-8-3-4-9-18(17)23-21/h2,5,7,11,16,19,25H,3-4,6,8-10,12-14H2,1H3,(H,22,23)/t16-,19+/m1/s1. The van der Waals surface area contributed by atoms with Crippen LogP contribution in [0.25, 0.3) is 0 Å². The Kier molecular flexibility index (Phi) is 5.27. The third kappa shape index (κ3) is 3.79. The van der Waals surface area contributed by atoms with Gasteiger partial charge in [0.15, 0.2) is 0 Å². The molecule has 1 aromatic heterocycles. The normalized spacial score (nSPS) is 21.5. The van der Waals surface area contributed by atoms with E-state index in [2.05, 4.69) is 9.88 Å². The molecule has 140 valence electrons. The maximum Gasteiger partial charge on any atom is 0.124 e. The van der Waals surface area contributed by atoms with Crippen LogP contribution in [0.3, 0.4) is 0 Å². The molecule has 5 heteroatoms. The van der Waals surface area contributed by atoms with Gasteiger partial charge in [-0.2, -0.15) is 0 Å². The first kappa shape index (κ1) is 17.6. The molecule has 1 aliphatic heterocycles. The number of aromatic nitrogens is 2. The summed E-state index contributed by atoms with van der Waals surface area (Å²) in [5.74, 6) is 1.95. The maximum absolute atomic E-state index is 10.5.